The number of carbonyl (C=O) groups excluding carboxylic acids is 1. The van der Waals surface area contributed by atoms with Crippen LogP contribution in [0.5, 0.6) is 0 Å². The summed E-state index contributed by atoms with van der Waals surface area (Å²) >= 11 is 0. The topological polar surface area (TPSA) is 49.3 Å². The highest BCUT2D eigenvalue weighted by Crippen LogP contribution is 2.37. The van der Waals surface area contributed by atoms with E-state index in [4.69, 9.17) is 0 Å². The summed E-state index contributed by atoms with van der Waals surface area (Å²) in [6, 6.07) is 2.08. The maximum absolute atomic E-state index is 12.3. The van der Waals surface area contributed by atoms with Crippen molar-refractivity contribution in [2.45, 2.75) is 53.5 Å². The number of rotatable bonds is 2. The first-order valence-corrected chi connectivity index (χ1v) is 7.07. The smallest absolute Gasteiger partial charge is 0.256 e. The minimum absolute atomic E-state index is 0.166. The van der Waals surface area contributed by atoms with E-state index in [0.717, 1.165) is 16.7 Å². The third kappa shape index (κ3) is 1.92. The van der Waals surface area contributed by atoms with Gasteiger partial charge >= 0.3 is 0 Å². The lowest BCUT2D eigenvalue weighted by atomic mass is 9.87. The molecule has 0 fully saturated rings. The van der Waals surface area contributed by atoms with Gasteiger partial charge in [-0.25, -0.2) is 0 Å². The molecule has 0 bridgehead atoms. The minimum Gasteiger partial charge on any atom is -0.509 e. The van der Waals surface area contributed by atoms with Crippen LogP contribution < -0.4 is 5.32 Å². The van der Waals surface area contributed by atoms with E-state index in [2.05, 4.69) is 25.2 Å². The van der Waals surface area contributed by atoms with Crippen molar-refractivity contribution in [1.29, 1.82) is 0 Å². The van der Waals surface area contributed by atoms with E-state index in [-0.39, 0.29) is 11.7 Å². The number of benzene rings is 1. The highest BCUT2D eigenvalue weighted by atomic mass is 16.3. The summed E-state index contributed by atoms with van der Waals surface area (Å²) in [5.41, 5.74) is 5.14. The van der Waals surface area contributed by atoms with E-state index in [1.807, 2.05) is 27.7 Å². The van der Waals surface area contributed by atoms with Crippen LogP contribution in [0.15, 0.2) is 11.8 Å². The van der Waals surface area contributed by atoms with Crippen molar-refractivity contribution < 1.29 is 9.90 Å². The van der Waals surface area contributed by atoms with Crippen LogP contribution in [0.2, 0.25) is 0 Å². The number of aliphatic hydroxyl groups excluding tert-OH is 1. The second kappa shape index (κ2) is 4.65. The second-order valence-corrected chi connectivity index (χ2v) is 6.00. The van der Waals surface area contributed by atoms with Crippen molar-refractivity contribution in [3.05, 3.63) is 39.6 Å². The fourth-order valence-corrected chi connectivity index (χ4v) is 2.91. The monoisotopic (exact) mass is 273 g/mol. The number of amides is 1. The van der Waals surface area contributed by atoms with Crippen molar-refractivity contribution in [1.82, 2.24) is 5.32 Å². The quantitative estimate of drug-likeness (QED) is 0.866. The Morgan fingerprint density at radius 3 is 2.25 bits per heavy atom. The average molecular weight is 273 g/mol. The fraction of sp³-hybridized carbons (Fsp3) is 0.471. The van der Waals surface area contributed by atoms with Crippen molar-refractivity contribution >= 4 is 11.5 Å². The lowest BCUT2D eigenvalue weighted by molar-refractivity contribution is -0.116. The van der Waals surface area contributed by atoms with Gasteiger partial charge in [-0.3, -0.25) is 4.79 Å². The molecule has 1 unspecified atom stereocenters. The molecule has 0 aliphatic carbocycles. The van der Waals surface area contributed by atoms with E-state index in [0.29, 0.717) is 12.0 Å². The largest absolute Gasteiger partial charge is 0.509 e. The van der Waals surface area contributed by atoms with E-state index in [1.54, 1.807) is 0 Å². The molecule has 1 amide bonds. The summed E-state index contributed by atoms with van der Waals surface area (Å²) in [7, 11) is 0. The normalized spacial score (nSPS) is 22.4. The van der Waals surface area contributed by atoms with Crippen LogP contribution in [0.25, 0.3) is 5.57 Å². The summed E-state index contributed by atoms with van der Waals surface area (Å²) in [5.74, 6) is -0.0132. The predicted molar refractivity (Wildman–Crippen MR) is 81.8 cm³/mol. The Balaban J connectivity index is 2.75. The van der Waals surface area contributed by atoms with Crippen molar-refractivity contribution in [3.8, 4) is 0 Å². The number of aliphatic hydroxyl groups is 1. The molecule has 0 radical (unpaired) electrons. The molecule has 0 saturated carbocycles. The van der Waals surface area contributed by atoms with Crippen molar-refractivity contribution in [2.24, 2.45) is 0 Å². The van der Waals surface area contributed by atoms with Gasteiger partial charge in [-0.15, -0.1) is 0 Å². The van der Waals surface area contributed by atoms with Gasteiger partial charge in [-0.05, 0) is 68.9 Å². The second-order valence-electron chi connectivity index (χ2n) is 6.00. The van der Waals surface area contributed by atoms with E-state index < -0.39 is 5.54 Å². The Morgan fingerprint density at radius 2 is 1.75 bits per heavy atom. The zero-order chi connectivity index (χ0) is 15.2. The fourth-order valence-electron chi connectivity index (χ4n) is 2.91. The zero-order valence-electron chi connectivity index (χ0n) is 13.1. The van der Waals surface area contributed by atoms with Gasteiger partial charge in [0, 0.05) is 0 Å². The van der Waals surface area contributed by atoms with Crippen LogP contribution in [0.4, 0.5) is 0 Å². The molecule has 3 heteroatoms. The first-order chi connectivity index (χ1) is 9.23. The first-order valence-electron chi connectivity index (χ1n) is 7.07. The number of aryl methyl sites for hydroxylation is 2. The Kier molecular flexibility index (Phi) is 3.41. The molecule has 0 saturated heterocycles. The SMILES string of the molecule is CCC1(C)NC(=O)C(c2c(C)cc(C)c(C)c2C)=C1O. The number of hydrogen-bond donors (Lipinski definition) is 2. The summed E-state index contributed by atoms with van der Waals surface area (Å²) in [6.45, 7) is 11.9. The molecule has 108 valence electrons. The molecular formula is C17H23NO2. The van der Waals surface area contributed by atoms with Crippen LogP contribution in [-0.2, 0) is 4.79 Å². The van der Waals surface area contributed by atoms with Crippen LogP contribution in [0.1, 0.15) is 48.1 Å². The molecule has 1 aliphatic rings. The maximum atomic E-state index is 12.3. The van der Waals surface area contributed by atoms with E-state index in [1.165, 1.54) is 11.1 Å². The van der Waals surface area contributed by atoms with Gasteiger partial charge < -0.3 is 10.4 Å². The molecule has 1 aromatic carbocycles. The van der Waals surface area contributed by atoms with Gasteiger partial charge in [0.15, 0.2) is 0 Å². The molecule has 0 spiro atoms. The van der Waals surface area contributed by atoms with Crippen LogP contribution in [0, 0.1) is 27.7 Å². The lowest BCUT2D eigenvalue weighted by Gasteiger charge is -2.22. The molecule has 3 nitrogen and oxygen atoms in total. The lowest BCUT2D eigenvalue weighted by Crippen LogP contribution is -2.40. The molecular weight excluding hydrogens is 250 g/mol. The van der Waals surface area contributed by atoms with Gasteiger partial charge in [0.05, 0.1) is 11.1 Å². The van der Waals surface area contributed by atoms with Gasteiger partial charge in [0.25, 0.3) is 5.91 Å². The average Bonchev–Trinajstić information content (AvgIpc) is 2.60. The molecule has 1 aliphatic heterocycles. The Labute approximate surface area is 120 Å². The summed E-state index contributed by atoms with van der Waals surface area (Å²) < 4.78 is 0. The minimum atomic E-state index is -0.649. The number of carbonyl (C=O) groups is 1. The third-order valence-corrected chi connectivity index (χ3v) is 4.69. The standard InChI is InChI=1S/C17H23NO2/c1-7-17(6)15(19)14(16(20)18-17)13-10(3)8-9(2)11(4)12(13)5/h8,19H,7H2,1-6H3,(H,18,20). The molecule has 1 aromatic rings. The van der Waals surface area contributed by atoms with Gasteiger partial charge in [-0.2, -0.15) is 0 Å². The highest BCUT2D eigenvalue weighted by Gasteiger charge is 2.41. The van der Waals surface area contributed by atoms with E-state index in [9.17, 15) is 9.90 Å². The first kappa shape index (κ1) is 14.6. The Morgan fingerprint density at radius 1 is 1.15 bits per heavy atom. The molecule has 1 atom stereocenters. The van der Waals surface area contributed by atoms with Crippen LogP contribution in [0.3, 0.4) is 0 Å². The van der Waals surface area contributed by atoms with Gasteiger partial charge in [0.2, 0.25) is 0 Å². The van der Waals surface area contributed by atoms with Crippen LogP contribution in [-0.4, -0.2) is 16.6 Å². The van der Waals surface area contributed by atoms with Crippen molar-refractivity contribution in [3.63, 3.8) is 0 Å². The molecule has 0 aromatic heterocycles. The number of hydrogen-bond acceptors (Lipinski definition) is 2. The predicted octanol–water partition coefficient (Wildman–Crippen LogP) is 3.49. The Bertz CT molecular complexity index is 628. The molecule has 1 heterocycles. The van der Waals surface area contributed by atoms with Crippen LogP contribution >= 0.6 is 0 Å². The summed E-state index contributed by atoms with van der Waals surface area (Å²) in [4.78, 5) is 12.3. The third-order valence-electron chi connectivity index (χ3n) is 4.69. The molecule has 2 N–H and O–H groups in total. The zero-order valence-corrected chi connectivity index (χ0v) is 13.1. The Hall–Kier alpha value is -1.77. The summed E-state index contributed by atoms with van der Waals surface area (Å²) in [5, 5.41) is 13.4. The van der Waals surface area contributed by atoms with Gasteiger partial charge in [-0.1, -0.05) is 13.0 Å². The van der Waals surface area contributed by atoms with Crippen molar-refractivity contribution in [2.75, 3.05) is 0 Å². The molecule has 20 heavy (non-hydrogen) atoms. The maximum Gasteiger partial charge on any atom is 0.256 e. The van der Waals surface area contributed by atoms with E-state index >= 15 is 0 Å². The highest BCUT2D eigenvalue weighted by molar-refractivity contribution is 6.24. The van der Waals surface area contributed by atoms with Gasteiger partial charge in [0.1, 0.15) is 5.76 Å². The summed E-state index contributed by atoms with van der Waals surface area (Å²) in [6.07, 6.45) is 0.664. The number of nitrogens with one attached hydrogen (secondary N) is 1. The molecule has 2 rings (SSSR count).